The van der Waals surface area contributed by atoms with Crippen molar-refractivity contribution in [3.8, 4) is 0 Å². The third kappa shape index (κ3) is 6.74. The molecule has 2 atom stereocenters. The van der Waals surface area contributed by atoms with Gasteiger partial charge in [0.25, 0.3) is 0 Å². The summed E-state index contributed by atoms with van der Waals surface area (Å²) in [6, 6.07) is 6.61. The lowest BCUT2D eigenvalue weighted by Gasteiger charge is -2.48. The maximum absolute atomic E-state index is 13.2. The van der Waals surface area contributed by atoms with E-state index in [9.17, 15) is 18.0 Å². The first kappa shape index (κ1) is 27.2. The van der Waals surface area contributed by atoms with Crippen LogP contribution in [0.4, 0.5) is 18.9 Å². The molecule has 5 nitrogen and oxygen atoms in total. The molecule has 8 heteroatoms. The van der Waals surface area contributed by atoms with Crippen LogP contribution in [0.3, 0.4) is 0 Å². The van der Waals surface area contributed by atoms with Crippen LogP contribution in [0.5, 0.6) is 0 Å². The van der Waals surface area contributed by atoms with E-state index in [1.807, 2.05) is 0 Å². The Bertz CT molecular complexity index is 861. The van der Waals surface area contributed by atoms with Crippen LogP contribution in [0, 0.1) is 11.8 Å². The molecule has 0 radical (unpaired) electrons. The van der Waals surface area contributed by atoms with E-state index >= 15 is 0 Å². The molecule has 4 rings (SSSR count). The number of nitrogens with zero attached hydrogens (tertiary/aromatic N) is 4. The van der Waals surface area contributed by atoms with Crippen molar-refractivity contribution in [3.05, 3.63) is 29.8 Å². The van der Waals surface area contributed by atoms with Gasteiger partial charge in [-0.2, -0.15) is 13.2 Å². The van der Waals surface area contributed by atoms with Gasteiger partial charge in [0.05, 0.1) is 5.56 Å². The van der Waals surface area contributed by atoms with Crippen LogP contribution in [-0.2, 0) is 11.0 Å². The van der Waals surface area contributed by atoms with E-state index in [2.05, 4.69) is 40.4 Å². The van der Waals surface area contributed by atoms with Crippen LogP contribution >= 0.6 is 0 Å². The predicted molar refractivity (Wildman–Crippen MR) is 138 cm³/mol. The van der Waals surface area contributed by atoms with Crippen molar-refractivity contribution in [3.63, 3.8) is 0 Å². The molecule has 3 aliphatic heterocycles. The summed E-state index contributed by atoms with van der Waals surface area (Å²) in [6.45, 7) is 13.7. The highest BCUT2D eigenvalue weighted by molar-refractivity contribution is 5.76. The highest BCUT2D eigenvalue weighted by atomic mass is 19.4. The van der Waals surface area contributed by atoms with Gasteiger partial charge in [0.1, 0.15) is 0 Å². The quantitative estimate of drug-likeness (QED) is 0.543. The van der Waals surface area contributed by atoms with Gasteiger partial charge in [-0.15, -0.1) is 0 Å². The van der Waals surface area contributed by atoms with Crippen molar-refractivity contribution < 1.29 is 18.0 Å². The number of rotatable bonds is 6. The third-order valence-electron chi connectivity index (χ3n) is 8.64. The molecule has 3 aliphatic rings. The van der Waals surface area contributed by atoms with Crippen LogP contribution in [0.25, 0.3) is 0 Å². The van der Waals surface area contributed by atoms with Crippen molar-refractivity contribution in [2.45, 2.75) is 71.1 Å². The number of piperazine rings is 1. The molecule has 0 bridgehead atoms. The zero-order valence-electron chi connectivity index (χ0n) is 22.1. The lowest BCUT2D eigenvalue weighted by molar-refractivity contribution is -0.137. The van der Waals surface area contributed by atoms with Crippen LogP contribution in [0.15, 0.2) is 24.3 Å². The fourth-order valence-electron chi connectivity index (χ4n) is 6.20. The van der Waals surface area contributed by atoms with E-state index in [4.69, 9.17) is 0 Å². The maximum Gasteiger partial charge on any atom is 0.416 e. The molecular weight excluding hydrogens is 465 g/mol. The molecule has 1 amide bonds. The average molecular weight is 509 g/mol. The molecule has 1 aromatic carbocycles. The molecule has 0 saturated carbocycles. The number of alkyl halides is 3. The second kappa shape index (κ2) is 11.7. The van der Waals surface area contributed by atoms with E-state index in [0.29, 0.717) is 41.9 Å². The smallest absolute Gasteiger partial charge is 0.369 e. The molecule has 202 valence electrons. The summed E-state index contributed by atoms with van der Waals surface area (Å²) >= 11 is 0. The lowest BCUT2D eigenvalue weighted by atomic mass is 9.85. The van der Waals surface area contributed by atoms with E-state index < -0.39 is 11.7 Å². The fourth-order valence-corrected chi connectivity index (χ4v) is 6.20. The van der Waals surface area contributed by atoms with Crippen molar-refractivity contribution in [2.24, 2.45) is 11.8 Å². The van der Waals surface area contributed by atoms with Gasteiger partial charge in [-0.3, -0.25) is 9.69 Å². The standard InChI is InChI=1S/C28H43F3N4O/c1-21(2)35-14-11-26(23(20-35)7-8-27(36)34-12-9-22(3)10-13-34)33-17-15-32(16-18-33)25-6-4-5-24(19-25)28(29,30)31/h4-6,19,21-23,26H,7-18,20H2,1-3H3/t23-,26+/m0/s1. The Balaban J connectivity index is 1.36. The summed E-state index contributed by atoms with van der Waals surface area (Å²) in [7, 11) is 0. The maximum atomic E-state index is 13.2. The van der Waals surface area contributed by atoms with Gasteiger partial charge in [-0.25, -0.2) is 0 Å². The number of carbonyl (C=O) groups excluding carboxylic acids is 1. The van der Waals surface area contributed by atoms with Gasteiger partial charge in [0, 0.05) is 70.0 Å². The van der Waals surface area contributed by atoms with Gasteiger partial charge in [0.2, 0.25) is 5.91 Å². The molecule has 3 saturated heterocycles. The number of carbonyl (C=O) groups is 1. The van der Waals surface area contributed by atoms with Crippen LogP contribution in [-0.4, -0.2) is 85.0 Å². The predicted octanol–water partition coefficient (Wildman–Crippen LogP) is 4.97. The minimum absolute atomic E-state index is 0.302. The minimum Gasteiger partial charge on any atom is -0.369 e. The van der Waals surface area contributed by atoms with Crippen LogP contribution in [0.2, 0.25) is 0 Å². The van der Waals surface area contributed by atoms with Crippen molar-refractivity contribution in [1.82, 2.24) is 14.7 Å². The Morgan fingerprint density at radius 1 is 1.00 bits per heavy atom. The molecule has 0 unspecified atom stereocenters. The molecule has 1 aromatic rings. The van der Waals surface area contributed by atoms with Crippen molar-refractivity contribution >= 4 is 11.6 Å². The number of benzene rings is 1. The Morgan fingerprint density at radius 3 is 2.33 bits per heavy atom. The number of hydrogen-bond donors (Lipinski definition) is 0. The van der Waals surface area contributed by atoms with Gasteiger partial charge in [-0.1, -0.05) is 13.0 Å². The monoisotopic (exact) mass is 508 g/mol. The lowest BCUT2D eigenvalue weighted by Crippen LogP contribution is -2.57. The van der Waals surface area contributed by atoms with Gasteiger partial charge in [0.15, 0.2) is 0 Å². The Labute approximate surface area is 214 Å². The first-order chi connectivity index (χ1) is 17.1. The zero-order valence-corrected chi connectivity index (χ0v) is 22.1. The number of anilines is 1. The summed E-state index contributed by atoms with van der Waals surface area (Å²) in [5.74, 6) is 1.46. The molecule has 3 heterocycles. The van der Waals surface area contributed by atoms with Crippen molar-refractivity contribution in [2.75, 3.05) is 57.3 Å². The van der Waals surface area contributed by atoms with E-state index in [0.717, 1.165) is 84.1 Å². The molecule has 0 aromatic heterocycles. The molecule has 0 N–H and O–H groups in total. The minimum atomic E-state index is -4.32. The largest absolute Gasteiger partial charge is 0.416 e. The normalized spacial score (nSPS) is 25.5. The summed E-state index contributed by atoms with van der Waals surface area (Å²) in [5, 5.41) is 0. The number of hydrogen-bond acceptors (Lipinski definition) is 4. The molecule has 36 heavy (non-hydrogen) atoms. The average Bonchev–Trinajstić information content (AvgIpc) is 2.87. The Hall–Kier alpha value is -1.80. The van der Waals surface area contributed by atoms with Gasteiger partial charge >= 0.3 is 6.18 Å². The Morgan fingerprint density at radius 2 is 1.69 bits per heavy atom. The number of likely N-dealkylation sites (tertiary alicyclic amines) is 2. The second-order valence-corrected chi connectivity index (χ2v) is 11.4. The summed E-state index contributed by atoms with van der Waals surface area (Å²) in [5.41, 5.74) is 0.0634. The molecule has 0 aliphatic carbocycles. The topological polar surface area (TPSA) is 30.0 Å². The zero-order chi connectivity index (χ0) is 25.9. The Kier molecular flexibility index (Phi) is 8.87. The van der Waals surface area contributed by atoms with Gasteiger partial charge in [-0.05, 0) is 76.1 Å². The molecule has 3 fully saturated rings. The number of halogens is 3. The van der Waals surface area contributed by atoms with E-state index in [1.165, 1.54) is 12.1 Å². The van der Waals surface area contributed by atoms with E-state index in [-0.39, 0.29) is 0 Å². The number of amides is 1. The van der Waals surface area contributed by atoms with E-state index in [1.54, 1.807) is 6.07 Å². The number of piperidine rings is 2. The fraction of sp³-hybridized carbons (Fsp3) is 0.750. The second-order valence-electron chi connectivity index (χ2n) is 11.4. The SMILES string of the molecule is CC1CCN(C(=O)CC[C@H]2CN(C(C)C)CC[C@H]2N2CCN(c3cccc(C(F)(F)F)c3)CC2)CC1. The third-order valence-corrected chi connectivity index (χ3v) is 8.64. The highest BCUT2D eigenvalue weighted by Crippen LogP contribution is 2.33. The first-order valence-electron chi connectivity index (χ1n) is 13.8. The van der Waals surface area contributed by atoms with Crippen LogP contribution in [0.1, 0.15) is 58.4 Å². The summed E-state index contributed by atoms with van der Waals surface area (Å²) in [4.78, 5) is 22.2. The molecular formula is C28H43F3N4O. The summed E-state index contributed by atoms with van der Waals surface area (Å²) < 4.78 is 39.5. The summed E-state index contributed by atoms with van der Waals surface area (Å²) in [6.07, 6.45) is 0.504. The van der Waals surface area contributed by atoms with Crippen LogP contribution < -0.4 is 4.90 Å². The van der Waals surface area contributed by atoms with Crippen molar-refractivity contribution in [1.29, 1.82) is 0 Å². The highest BCUT2D eigenvalue weighted by Gasteiger charge is 2.36. The first-order valence-corrected chi connectivity index (χ1v) is 13.8. The van der Waals surface area contributed by atoms with Gasteiger partial charge < -0.3 is 14.7 Å². The molecule has 0 spiro atoms.